The van der Waals surface area contributed by atoms with Gasteiger partial charge in [-0.2, -0.15) is 5.26 Å². The van der Waals surface area contributed by atoms with E-state index >= 15 is 0 Å². The van der Waals surface area contributed by atoms with Gasteiger partial charge in [0.25, 0.3) is 0 Å². The molecule has 0 amide bonds. The third-order valence-electron chi connectivity index (χ3n) is 5.09. The number of benzene rings is 2. The average Bonchev–Trinajstić information content (AvgIpc) is 3.07. The highest BCUT2D eigenvalue weighted by atomic mass is 19.1. The minimum Gasteiger partial charge on any atom is -0.392 e. The first kappa shape index (κ1) is 22.7. The van der Waals surface area contributed by atoms with Crippen molar-refractivity contribution in [2.24, 2.45) is 0 Å². The monoisotopic (exact) mass is 427 g/mol. The molecule has 0 spiro atoms. The summed E-state index contributed by atoms with van der Waals surface area (Å²) >= 11 is 0. The first-order valence-corrected chi connectivity index (χ1v) is 10.1. The van der Waals surface area contributed by atoms with Crippen LogP contribution in [-0.2, 0) is 9.68 Å². The molecule has 2 aromatic carbocycles. The Hall–Kier alpha value is -3.00. The Balaban J connectivity index is 2.03. The second-order valence-electron chi connectivity index (χ2n) is 7.73. The van der Waals surface area contributed by atoms with Crippen LogP contribution in [0.2, 0.25) is 0 Å². The van der Waals surface area contributed by atoms with Crippen LogP contribution in [0.1, 0.15) is 38.4 Å². The topological polar surface area (TPSA) is 91.9 Å². The number of aliphatic hydroxyl groups is 2. The number of nitrogens with zero attached hydrogens (tertiary/aromatic N) is 1. The van der Waals surface area contributed by atoms with Gasteiger partial charge in [0.1, 0.15) is 5.82 Å². The molecule has 164 valence electrons. The van der Waals surface area contributed by atoms with Crippen molar-refractivity contribution in [3.05, 3.63) is 66.1 Å². The molecular weight excluding hydrogens is 401 g/mol. The van der Waals surface area contributed by atoms with E-state index in [1.54, 1.807) is 24.3 Å². The molecule has 2 atom stereocenters. The predicted octanol–water partition coefficient (Wildman–Crippen LogP) is 4.56. The summed E-state index contributed by atoms with van der Waals surface area (Å²) in [5.41, 5.74) is 3.61. The maximum Gasteiger partial charge on any atom is 0.344 e. The van der Waals surface area contributed by atoms with Crippen molar-refractivity contribution >= 4 is 22.9 Å². The molecule has 0 aliphatic heterocycles. The Labute approximate surface area is 179 Å². The van der Waals surface area contributed by atoms with Crippen molar-refractivity contribution in [2.45, 2.75) is 44.9 Å². The lowest BCUT2D eigenvalue weighted by Crippen LogP contribution is -2.20. The molecule has 0 bridgehead atoms. The van der Waals surface area contributed by atoms with Gasteiger partial charge in [0, 0.05) is 34.6 Å². The van der Waals surface area contributed by atoms with Crippen molar-refractivity contribution in [1.82, 2.24) is 4.57 Å². The SMILES string of the molecule is CC(C)n1c(C=C[C@H](O)C[C@H](O)CC(=O)OO)c(-c2ccc(F)cc2)c2ccccc21. The second kappa shape index (κ2) is 9.87. The van der Waals surface area contributed by atoms with Crippen LogP contribution in [0.3, 0.4) is 0 Å². The van der Waals surface area contributed by atoms with E-state index in [2.05, 4.69) is 23.3 Å². The summed E-state index contributed by atoms with van der Waals surface area (Å²) in [6, 6.07) is 14.3. The molecule has 1 aromatic heterocycles. The molecule has 0 radical (unpaired) electrons. The first-order valence-electron chi connectivity index (χ1n) is 10.1. The highest BCUT2D eigenvalue weighted by Crippen LogP contribution is 2.38. The van der Waals surface area contributed by atoms with Gasteiger partial charge in [-0.15, -0.1) is 0 Å². The van der Waals surface area contributed by atoms with Gasteiger partial charge in [0.15, 0.2) is 0 Å². The van der Waals surface area contributed by atoms with E-state index in [-0.39, 0.29) is 18.3 Å². The standard InChI is InChI=1S/C24H26FNO5/c1-15(2)26-21-6-4-3-5-20(21)24(16-7-9-17(25)10-8-16)22(26)12-11-18(27)13-19(28)14-23(29)31-30/h3-12,15,18-19,27-28,30H,13-14H2,1-2H3/t18-,19-/m0/s1. The van der Waals surface area contributed by atoms with Crippen molar-refractivity contribution in [3.8, 4) is 11.1 Å². The number of aliphatic hydroxyl groups excluding tert-OH is 2. The van der Waals surface area contributed by atoms with Gasteiger partial charge in [-0.05, 0) is 43.7 Å². The lowest BCUT2D eigenvalue weighted by atomic mass is 10.0. The molecule has 31 heavy (non-hydrogen) atoms. The van der Waals surface area contributed by atoms with Crippen LogP contribution in [0.25, 0.3) is 28.1 Å². The molecule has 3 rings (SSSR count). The van der Waals surface area contributed by atoms with Crippen molar-refractivity contribution < 1.29 is 29.5 Å². The van der Waals surface area contributed by atoms with Gasteiger partial charge in [0.2, 0.25) is 0 Å². The van der Waals surface area contributed by atoms with E-state index < -0.39 is 24.6 Å². The second-order valence-corrected chi connectivity index (χ2v) is 7.73. The molecular formula is C24H26FNO5. The zero-order chi connectivity index (χ0) is 22.5. The third kappa shape index (κ3) is 5.19. The number of rotatable bonds is 8. The van der Waals surface area contributed by atoms with Crippen LogP contribution < -0.4 is 0 Å². The minimum atomic E-state index is -1.16. The van der Waals surface area contributed by atoms with Crippen molar-refractivity contribution in [3.63, 3.8) is 0 Å². The Kier molecular flexibility index (Phi) is 7.22. The van der Waals surface area contributed by atoms with E-state index in [0.717, 1.165) is 27.7 Å². The normalized spacial score (nSPS) is 13.8. The molecule has 1 heterocycles. The average molecular weight is 427 g/mol. The van der Waals surface area contributed by atoms with Crippen LogP contribution in [0.15, 0.2) is 54.6 Å². The van der Waals surface area contributed by atoms with Gasteiger partial charge in [-0.3, -0.25) is 0 Å². The lowest BCUT2D eigenvalue weighted by Gasteiger charge is -2.15. The molecule has 3 N–H and O–H groups in total. The molecule has 0 unspecified atom stereocenters. The van der Waals surface area contributed by atoms with Crippen molar-refractivity contribution in [2.75, 3.05) is 0 Å². The molecule has 0 saturated heterocycles. The number of hydrogen-bond acceptors (Lipinski definition) is 5. The predicted molar refractivity (Wildman–Crippen MR) is 117 cm³/mol. The number of fused-ring (bicyclic) bond motifs is 1. The number of hydrogen-bond donors (Lipinski definition) is 3. The first-order chi connectivity index (χ1) is 14.8. The van der Waals surface area contributed by atoms with E-state index in [1.165, 1.54) is 12.1 Å². The number of para-hydroxylation sites is 1. The Bertz CT molecular complexity index is 1070. The Morgan fingerprint density at radius 2 is 1.81 bits per heavy atom. The largest absolute Gasteiger partial charge is 0.392 e. The highest BCUT2D eigenvalue weighted by molar-refractivity contribution is 6.01. The maximum absolute atomic E-state index is 13.5. The Morgan fingerprint density at radius 3 is 2.45 bits per heavy atom. The Morgan fingerprint density at radius 1 is 1.13 bits per heavy atom. The van der Waals surface area contributed by atoms with Crippen LogP contribution >= 0.6 is 0 Å². The lowest BCUT2D eigenvalue weighted by molar-refractivity contribution is -0.236. The number of halogens is 1. The van der Waals surface area contributed by atoms with E-state index in [1.807, 2.05) is 24.3 Å². The molecule has 3 aromatic rings. The molecule has 7 heteroatoms. The quantitative estimate of drug-likeness (QED) is 0.362. The van der Waals surface area contributed by atoms with Gasteiger partial charge in [-0.1, -0.05) is 36.4 Å². The van der Waals surface area contributed by atoms with Crippen LogP contribution in [0.4, 0.5) is 4.39 Å². The van der Waals surface area contributed by atoms with Gasteiger partial charge >= 0.3 is 5.97 Å². The van der Waals surface area contributed by atoms with Crippen LogP contribution in [0.5, 0.6) is 0 Å². The van der Waals surface area contributed by atoms with Gasteiger partial charge < -0.3 is 19.7 Å². The minimum absolute atomic E-state index is 0.0978. The summed E-state index contributed by atoms with van der Waals surface area (Å²) in [4.78, 5) is 14.6. The van der Waals surface area contributed by atoms with Gasteiger partial charge in [0.05, 0.1) is 18.6 Å². The fourth-order valence-electron chi connectivity index (χ4n) is 3.80. The molecule has 0 aliphatic carbocycles. The zero-order valence-corrected chi connectivity index (χ0v) is 17.4. The third-order valence-corrected chi connectivity index (χ3v) is 5.09. The smallest absolute Gasteiger partial charge is 0.344 e. The summed E-state index contributed by atoms with van der Waals surface area (Å²) in [6.45, 7) is 4.11. The fraction of sp³-hybridized carbons (Fsp3) is 0.292. The van der Waals surface area contributed by atoms with E-state index in [4.69, 9.17) is 5.26 Å². The number of carbonyl (C=O) groups is 1. The zero-order valence-electron chi connectivity index (χ0n) is 17.4. The highest BCUT2D eigenvalue weighted by Gasteiger charge is 2.20. The summed E-state index contributed by atoms with van der Waals surface area (Å²) < 4.78 is 15.7. The fourth-order valence-corrected chi connectivity index (χ4v) is 3.80. The van der Waals surface area contributed by atoms with Crippen LogP contribution in [-0.4, -0.2) is 38.2 Å². The van der Waals surface area contributed by atoms with Gasteiger partial charge in [-0.25, -0.2) is 9.18 Å². The summed E-state index contributed by atoms with van der Waals surface area (Å²) in [5.74, 6) is -1.29. The molecule has 0 fully saturated rings. The molecule has 0 aliphatic rings. The molecule has 6 nitrogen and oxygen atoms in total. The number of aromatic nitrogens is 1. The summed E-state index contributed by atoms with van der Waals surface area (Å²) in [7, 11) is 0. The molecule has 0 saturated carbocycles. The van der Waals surface area contributed by atoms with E-state index in [0.29, 0.717) is 0 Å². The van der Waals surface area contributed by atoms with E-state index in [9.17, 15) is 19.4 Å². The maximum atomic E-state index is 13.5. The van der Waals surface area contributed by atoms with Crippen molar-refractivity contribution in [1.29, 1.82) is 0 Å². The summed E-state index contributed by atoms with van der Waals surface area (Å²) in [6.07, 6.45) is 0.620. The summed E-state index contributed by atoms with van der Waals surface area (Å²) in [5, 5.41) is 29.6. The van der Waals surface area contributed by atoms with Crippen LogP contribution in [0, 0.1) is 5.82 Å². The number of carbonyl (C=O) groups excluding carboxylic acids is 1.